The van der Waals surface area contributed by atoms with E-state index in [1.165, 1.54) is 4.31 Å². The largest absolute Gasteiger partial charge is 0.497 e. The van der Waals surface area contributed by atoms with Crippen LogP contribution >= 0.6 is 0 Å². The first kappa shape index (κ1) is 17.6. The number of hydrogen-bond acceptors (Lipinski definition) is 5. The van der Waals surface area contributed by atoms with Gasteiger partial charge in [-0.2, -0.15) is 4.31 Å². The van der Waals surface area contributed by atoms with Crippen LogP contribution in [0.25, 0.3) is 0 Å². The van der Waals surface area contributed by atoms with Crippen molar-refractivity contribution in [3.8, 4) is 11.5 Å². The van der Waals surface area contributed by atoms with E-state index in [2.05, 4.69) is 5.32 Å². The van der Waals surface area contributed by atoms with Crippen molar-refractivity contribution >= 4 is 15.9 Å². The van der Waals surface area contributed by atoms with Gasteiger partial charge in [-0.1, -0.05) is 6.07 Å². The minimum absolute atomic E-state index is 0.276. The number of amides is 1. The molecular weight excluding hydrogens is 320 g/mol. The Morgan fingerprint density at radius 2 is 2.13 bits per heavy atom. The second-order valence-electron chi connectivity index (χ2n) is 5.35. The Morgan fingerprint density at radius 1 is 1.39 bits per heavy atom. The van der Waals surface area contributed by atoms with Crippen molar-refractivity contribution in [3.05, 3.63) is 24.3 Å². The van der Waals surface area contributed by atoms with E-state index in [4.69, 9.17) is 9.47 Å². The van der Waals surface area contributed by atoms with E-state index in [0.29, 0.717) is 44.0 Å². The summed E-state index contributed by atoms with van der Waals surface area (Å²) < 4.78 is 35.1. The fourth-order valence-corrected chi connectivity index (χ4v) is 3.68. The molecule has 1 heterocycles. The minimum Gasteiger partial charge on any atom is -0.497 e. The molecule has 1 aromatic carbocycles. The quantitative estimate of drug-likeness (QED) is 0.734. The molecule has 0 aliphatic carbocycles. The molecule has 8 heteroatoms. The Hall–Kier alpha value is -1.80. The van der Waals surface area contributed by atoms with Crippen molar-refractivity contribution in [2.24, 2.45) is 0 Å². The summed E-state index contributed by atoms with van der Waals surface area (Å²) in [5.74, 6) is 1.07. The third-order valence-corrected chi connectivity index (χ3v) is 4.93. The second kappa shape index (κ2) is 7.65. The maximum absolute atomic E-state index is 12.1. The molecule has 1 amide bonds. The molecule has 0 saturated carbocycles. The number of methoxy groups -OCH3 is 1. The van der Waals surface area contributed by atoms with Crippen LogP contribution in [0.4, 0.5) is 0 Å². The minimum atomic E-state index is -3.35. The molecule has 0 radical (unpaired) electrons. The number of carbonyl (C=O) groups is 1. The number of nitrogens with one attached hydrogen (secondary N) is 1. The van der Waals surface area contributed by atoms with Crippen LogP contribution in [0.5, 0.6) is 11.5 Å². The lowest BCUT2D eigenvalue weighted by atomic mass is 10.2. The van der Waals surface area contributed by atoms with E-state index in [1.807, 2.05) is 12.1 Å². The summed E-state index contributed by atoms with van der Waals surface area (Å²) >= 11 is 0. The van der Waals surface area contributed by atoms with Crippen molar-refractivity contribution in [1.82, 2.24) is 9.62 Å². The van der Waals surface area contributed by atoms with Crippen LogP contribution in [0.1, 0.15) is 12.8 Å². The van der Waals surface area contributed by atoms with Crippen molar-refractivity contribution in [2.45, 2.75) is 18.9 Å². The van der Waals surface area contributed by atoms with Gasteiger partial charge < -0.3 is 14.8 Å². The van der Waals surface area contributed by atoms with E-state index in [9.17, 15) is 13.2 Å². The molecule has 0 spiro atoms. The Morgan fingerprint density at radius 3 is 2.83 bits per heavy atom. The van der Waals surface area contributed by atoms with Gasteiger partial charge >= 0.3 is 0 Å². The number of sulfonamides is 1. The van der Waals surface area contributed by atoms with Crippen LogP contribution < -0.4 is 14.8 Å². The van der Waals surface area contributed by atoms with Gasteiger partial charge in [-0.05, 0) is 25.0 Å². The summed E-state index contributed by atoms with van der Waals surface area (Å²) in [5.41, 5.74) is 0. The summed E-state index contributed by atoms with van der Waals surface area (Å²) in [6.45, 7) is 1.01. The van der Waals surface area contributed by atoms with E-state index >= 15 is 0 Å². The van der Waals surface area contributed by atoms with Crippen LogP contribution in [-0.4, -0.2) is 57.7 Å². The number of carbonyl (C=O) groups excluding carboxylic acids is 1. The Kier molecular flexibility index (Phi) is 5.84. The summed E-state index contributed by atoms with van der Waals surface area (Å²) in [4.78, 5) is 12.1. The van der Waals surface area contributed by atoms with Crippen molar-refractivity contribution in [2.75, 3.05) is 33.1 Å². The topological polar surface area (TPSA) is 84.9 Å². The smallest absolute Gasteiger partial charge is 0.238 e. The first-order valence-electron chi connectivity index (χ1n) is 7.43. The Labute approximate surface area is 136 Å². The number of hydrogen-bond donors (Lipinski definition) is 1. The number of ether oxygens (including phenoxy) is 2. The Balaban J connectivity index is 1.78. The van der Waals surface area contributed by atoms with E-state index in [0.717, 1.165) is 6.26 Å². The SMILES string of the molecule is COc1cccc(OCCNC(=O)[C@@H]2CCCN2S(C)(=O)=O)c1. The standard InChI is InChI=1S/C15H22N2O5S/c1-21-12-5-3-6-13(11-12)22-10-8-16-15(18)14-7-4-9-17(14)23(2,19)20/h3,5-6,11,14H,4,7-10H2,1-2H3,(H,16,18)/t14-/m0/s1. The fourth-order valence-electron chi connectivity index (χ4n) is 2.55. The monoisotopic (exact) mass is 342 g/mol. The number of nitrogens with zero attached hydrogens (tertiary/aromatic N) is 1. The summed E-state index contributed by atoms with van der Waals surface area (Å²) in [6.07, 6.45) is 2.38. The molecule has 23 heavy (non-hydrogen) atoms. The average molecular weight is 342 g/mol. The maximum Gasteiger partial charge on any atom is 0.238 e. The molecule has 0 unspecified atom stereocenters. The number of rotatable bonds is 7. The summed E-state index contributed by atoms with van der Waals surface area (Å²) in [5, 5.41) is 2.72. The normalized spacial score (nSPS) is 18.6. The Bertz CT molecular complexity index is 647. The molecule has 1 atom stereocenters. The zero-order chi connectivity index (χ0) is 16.9. The molecule has 7 nitrogen and oxygen atoms in total. The molecule has 1 saturated heterocycles. The molecule has 1 aliphatic heterocycles. The van der Waals surface area contributed by atoms with E-state index in [1.54, 1.807) is 19.2 Å². The van der Waals surface area contributed by atoms with E-state index < -0.39 is 16.1 Å². The lowest BCUT2D eigenvalue weighted by Gasteiger charge is -2.21. The number of benzene rings is 1. The van der Waals surface area contributed by atoms with Crippen molar-refractivity contribution < 1.29 is 22.7 Å². The molecule has 1 aliphatic rings. The molecule has 1 N–H and O–H groups in total. The summed E-state index contributed by atoms with van der Waals surface area (Å²) in [7, 11) is -1.77. The average Bonchev–Trinajstić information content (AvgIpc) is 3.01. The fraction of sp³-hybridized carbons (Fsp3) is 0.533. The molecule has 0 aromatic heterocycles. The van der Waals surface area contributed by atoms with Gasteiger partial charge in [-0.3, -0.25) is 4.79 Å². The van der Waals surface area contributed by atoms with Gasteiger partial charge in [0.05, 0.1) is 19.9 Å². The van der Waals surface area contributed by atoms with Crippen LogP contribution in [0.15, 0.2) is 24.3 Å². The zero-order valence-electron chi connectivity index (χ0n) is 13.3. The van der Waals surface area contributed by atoms with Gasteiger partial charge in [0.1, 0.15) is 24.1 Å². The molecule has 1 aromatic rings. The van der Waals surface area contributed by atoms with Gasteiger partial charge in [-0.15, -0.1) is 0 Å². The molecule has 0 bridgehead atoms. The van der Waals surface area contributed by atoms with Gasteiger partial charge in [0, 0.05) is 12.6 Å². The van der Waals surface area contributed by atoms with Gasteiger partial charge in [0.25, 0.3) is 0 Å². The highest BCUT2D eigenvalue weighted by Crippen LogP contribution is 2.20. The van der Waals surface area contributed by atoms with Crippen LogP contribution in [0.2, 0.25) is 0 Å². The first-order valence-corrected chi connectivity index (χ1v) is 9.28. The molecule has 128 valence electrons. The van der Waals surface area contributed by atoms with Crippen molar-refractivity contribution in [1.29, 1.82) is 0 Å². The summed E-state index contributed by atoms with van der Waals surface area (Å²) in [6, 6.07) is 6.57. The highest BCUT2D eigenvalue weighted by molar-refractivity contribution is 7.88. The molecule has 2 rings (SSSR count). The van der Waals surface area contributed by atoms with Gasteiger partial charge in [0.15, 0.2) is 0 Å². The van der Waals surface area contributed by atoms with Crippen LogP contribution in [-0.2, 0) is 14.8 Å². The van der Waals surface area contributed by atoms with Crippen molar-refractivity contribution in [3.63, 3.8) is 0 Å². The van der Waals surface area contributed by atoms with Gasteiger partial charge in [0.2, 0.25) is 15.9 Å². The highest BCUT2D eigenvalue weighted by atomic mass is 32.2. The third kappa shape index (κ3) is 4.84. The van der Waals surface area contributed by atoms with Crippen LogP contribution in [0.3, 0.4) is 0 Å². The second-order valence-corrected chi connectivity index (χ2v) is 7.29. The molecular formula is C15H22N2O5S. The van der Waals surface area contributed by atoms with Crippen LogP contribution in [0, 0.1) is 0 Å². The molecule has 1 fully saturated rings. The van der Waals surface area contributed by atoms with Gasteiger partial charge in [-0.25, -0.2) is 8.42 Å². The zero-order valence-corrected chi connectivity index (χ0v) is 14.1. The van der Waals surface area contributed by atoms with E-state index in [-0.39, 0.29) is 5.91 Å². The first-order chi connectivity index (χ1) is 10.9. The predicted molar refractivity (Wildman–Crippen MR) is 86.1 cm³/mol. The lowest BCUT2D eigenvalue weighted by molar-refractivity contribution is -0.124. The predicted octanol–water partition coefficient (Wildman–Crippen LogP) is 0.614. The highest BCUT2D eigenvalue weighted by Gasteiger charge is 2.36. The lowest BCUT2D eigenvalue weighted by Crippen LogP contribution is -2.46. The maximum atomic E-state index is 12.1. The third-order valence-electron chi connectivity index (χ3n) is 3.64.